The number of rotatable bonds is 5. The molecule has 0 aliphatic rings. The Bertz CT molecular complexity index is 465. The molecular formula is C13H21N3O3. The highest BCUT2D eigenvalue weighted by Crippen LogP contribution is 2.18. The van der Waals surface area contributed by atoms with E-state index >= 15 is 0 Å². The molecule has 0 aromatic carbocycles. The molecule has 4 N–H and O–H groups in total. The summed E-state index contributed by atoms with van der Waals surface area (Å²) in [6, 6.07) is 3.38. The van der Waals surface area contributed by atoms with E-state index < -0.39 is 5.92 Å². The van der Waals surface area contributed by atoms with Gasteiger partial charge < -0.3 is 20.7 Å². The molecule has 0 radical (unpaired) electrons. The van der Waals surface area contributed by atoms with E-state index in [0.29, 0.717) is 5.76 Å². The fourth-order valence-corrected chi connectivity index (χ4v) is 1.90. The monoisotopic (exact) mass is 267 g/mol. The molecule has 6 heteroatoms. The van der Waals surface area contributed by atoms with Gasteiger partial charge in [0.05, 0.1) is 6.04 Å². The lowest BCUT2D eigenvalue weighted by molar-refractivity contribution is -0.124. The molecule has 0 saturated heterocycles. The van der Waals surface area contributed by atoms with Crippen LogP contribution in [0.4, 0.5) is 0 Å². The molecule has 0 fully saturated rings. The smallest absolute Gasteiger partial charge is 0.231 e. The minimum Gasteiger partial charge on any atom is -0.464 e. The zero-order valence-corrected chi connectivity index (χ0v) is 11.7. The summed E-state index contributed by atoms with van der Waals surface area (Å²) in [5.41, 5.74) is 5.55. The van der Waals surface area contributed by atoms with E-state index in [2.05, 4.69) is 10.5 Å². The molecule has 1 heterocycles. The zero-order chi connectivity index (χ0) is 14.6. The van der Waals surface area contributed by atoms with E-state index in [0.717, 1.165) is 5.76 Å². The van der Waals surface area contributed by atoms with Crippen LogP contribution in [0.2, 0.25) is 0 Å². The van der Waals surface area contributed by atoms with E-state index in [1.54, 1.807) is 0 Å². The van der Waals surface area contributed by atoms with Crippen LogP contribution in [-0.2, 0) is 4.79 Å². The molecule has 0 aliphatic heterocycles. The van der Waals surface area contributed by atoms with Crippen molar-refractivity contribution in [2.24, 2.45) is 22.7 Å². The topological polar surface area (TPSA) is 101 Å². The Kier molecular flexibility index (Phi) is 4.97. The minimum atomic E-state index is -0.663. The van der Waals surface area contributed by atoms with Crippen LogP contribution in [-0.4, -0.2) is 17.0 Å². The highest BCUT2D eigenvalue weighted by Gasteiger charge is 2.28. The van der Waals surface area contributed by atoms with Crippen LogP contribution in [0.5, 0.6) is 0 Å². The predicted molar refractivity (Wildman–Crippen MR) is 71.7 cm³/mol. The fourth-order valence-electron chi connectivity index (χ4n) is 1.90. The summed E-state index contributed by atoms with van der Waals surface area (Å²) in [6.07, 6.45) is 0. The van der Waals surface area contributed by atoms with Crippen LogP contribution >= 0.6 is 0 Å². The third-order valence-corrected chi connectivity index (χ3v) is 2.93. The SMILES string of the molecule is Cc1ccc(C(C)NC(=O)C(C(N)=NO)C(C)C)o1. The summed E-state index contributed by atoms with van der Waals surface area (Å²) in [6.45, 7) is 7.33. The van der Waals surface area contributed by atoms with Gasteiger partial charge in [-0.2, -0.15) is 0 Å². The van der Waals surface area contributed by atoms with Crippen molar-refractivity contribution < 1.29 is 14.4 Å². The van der Waals surface area contributed by atoms with Crippen molar-refractivity contribution in [1.29, 1.82) is 0 Å². The number of carbonyl (C=O) groups excluding carboxylic acids is 1. The van der Waals surface area contributed by atoms with E-state index in [4.69, 9.17) is 15.4 Å². The molecule has 6 nitrogen and oxygen atoms in total. The Labute approximate surface area is 112 Å². The van der Waals surface area contributed by atoms with Crippen LogP contribution in [0, 0.1) is 18.8 Å². The number of hydrogen-bond donors (Lipinski definition) is 3. The van der Waals surface area contributed by atoms with Crippen LogP contribution in [0.3, 0.4) is 0 Å². The summed E-state index contributed by atoms with van der Waals surface area (Å²) in [5, 5.41) is 14.4. The van der Waals surface area contributed by atoms with Gasteiger partial charge in [0.15, 0.2) is 5.84 Å². The summed E-state index contributed by atoms with van der Waals surface area (Å²) in [4.78, 5) is 12.2. The number of oxime groups is 1. The molecule has 106 valence electrons. The first-order chi connectivity index (χ1) is 8.86. The fraction of sp³-hybridized carbons (Fsp3) is 0.538. The molecule has 2 atom stereocenters. The van der Waals surface area contributed by atoms with Gasteiger partial charge >= 0.3 is 0 Å². The van der Waals surface area contributed by atoms with Gasteiger partial charge in [0.2, 0.25) is 5.91 Å². The van der Waals surface area contributed by atoms with Crippen molar-refractivity contribution in [3.05, 3.63) is 23.7 Å². The number of nitrogens with two attached hydrogens (primary N) is 1. The van der Waals surface area contributed by atoms with Gasteiger partial charge in [-0.1, -0.05) is 19.0 Å². The average molecular weight is 267 g/mol. The zero-order valence-electron chi connectivity index (χ0n) is 11.7. The maximum Gasteiger partial charge on any atom is 0.231 e. The van der Waals surface area contributed by atoms with E-state index in [1.165, 1.54) is 0 Å². The number of aryl methyl sites for hydroxylation is 1. The average Bonchev–Trinajstić information content (AvgIpc) is 2.75. The number of nitrogens with zero attached hydrogens (tertiary/aromatic N) is 1. The first kappa shape index (κ1) is 15.1. The van der Waals surface area contributed by atoms with Crippen molar-refractivity contribution in [2.45, 2.75) is 33.7 Å². The largest absolute Gasteiger partial charge is 0.464 e. The van der Waals surface area contributed by atoms with Gasteiger partial charge in [-0.15, -0.1) is 0 Å². The highest BCUT2D eigenvalue weighted by atomic mass is 16.4. The number of nitrogens with one attached hydrogen (secondary N) is 1. The number of amidine groups is 1. The quantitative estimate of drug-likeness (QED) is 0.327. The van der Waals surface area contributed by atoms with Crippen molar-refractivity contribution in [1.82, 2.24) is 5.32 Å². The summed E-state index contributed by atoms with van der Waals surface area (Å²) < 4.78 is 5.45. The molecule has 0 aliphatic carbocycles. The van der Waals surface area contributed by atoms with Crippen molar-refractivity contribution in [2.75, 3.05) is 0 Å². The molecule has 2 unspecified atom stereocenters. The minimum absolute atomic E-state index is 0.0681. The van der Waals surface area contributed by atoms with Crippen LogP contribution in [0.25, 0.3) is 0 Å². The molecule has 0 saturated carbocycles. The number of hydrogen-bond acceptors (Lipinski definition) is 4. The Morgan fingerprint density at radius 2 is 2.05 bits per heavy atom. The molecule has 0 bridgehead atoms. The van der Waals surface area contributed by atoms with Gasteiger partial charge in [-0.3, -0.25) is 4.79 Å². The second-order valence-corrected chi connectivity index (χ2v) is 4.93. The van der Waals surface area contributed by atoms with Crippen molar-refractivity contribution in [3.63, 3.8) is 0 Å². The van der Waals surface area contributed by atoms with Crippen molar-refractivity contribution in [3.8, 4) is 0 Å². The Morgan fingerprint density at radius 3 is 2.47 bits per heavy atom. The first-order valence-electron chi connectivity index (χ1n) is 6.21. The summed E-state index contributed by atoms with van der Waals surface area (Å²) in [7, 11) is 0. The second-order valence-electron chi connectivity index (χ2n) is 4.93. The van der Waals surface area contributed by atoms with Gasteiger partial charge in [0.1, 0.15) is 17.4 Å². The van der Waals surface area contributed by atoms with Gasteiger partial charge in [0.25, 0.3) is 0 Å². The molecule has 1 rings (SSSR count). The lowest BCUT2D eigenvalue weighted by Crippen LogP contribution is -2.42. The van der Waals surface area contributed by atoms with Crippen molar-refractivity contribution >= 4 is 11.7 Å². The van der Waals surface area contributed by atoms with Gasteiger partial charge in [0, 0.05) is 0 Å². The standard InChI is InChI=1S/C13H21N3O3/c1-7(2)11(12(14)16-18)13(17)15-9(4)10-6-5-8(3)19-10/h5-7,9,11,18H,1-4H3,(H2,14,16)(H,15,17). The molecule has 1 aromatic rings. The molecule has 0 spiro atoms. The van der Waals surface area contributed by atoms with Crippen LogP contribution < -0.4 is 11.1 Å². The highest BCUT2D eigenvalue weighted by molar-refractivity contribution is 6.02. The number of furan rings is 1. The van der Waals surface area contributed by atoms with Gasteiger partial charge in [-0.05, 0) is 31.9 Å². The van der Waals surface area contributed by atoms with Crippen LogP contribution in [0.1, 0.15) is 38.3 Å². The molecular weight excluding hydrogens is 246 g/mol. The lowest BCUT2D eigenvalue weighted by Gasteiger charge is -2.21. The maximum atomic E-state index is 12.2. The van der Waals surface area contributed by atoms with Crippen LogP contribution in [0.15, 0.2) is 21.7 Å². The van der Waals surface area contributed by atoms with E-state index in [9.17, 15) is 4.79 Å². The lowest BCUT2D eigenvalue weighted by atomic mass is 9.93. The molecule has 19 heavy (non-hydrogen) atoms. The predicted octanol–water partition coefficient (Wildman–Crippen LogP) is 1.78. The summed E-state index contributed by atoms with van der Waals surface area (Å²) >= 11 is 0. The Morgan fingerprint density at radius 1 is 1.42 bits per heavy atom. The van der Waals surface area contributed by atoms with E-state index in [1.807, 2.05) is 39.8 Å². The third-order valence-electron chi connectivity index (χ3n) is 2.93. The number of carbonyl (C=O) groups is 1. The number of amides is 1. The third kappa shape index (κ3) is 3.74. The van der Waals surface area contributed by atoms with E-state index in [-0.39, 0.29) is 23.7 Å². The summed E-state index contributed by atoms with van der Waals surface area (Å²) in [5.74, 6) is 0.355. The normalized spacial score (nSPS) is 15.3. The first-order valence-corrected chi connectivity index (χ1v) is 6.21. The molecule has 1 amide bonds. The maximum absolute atomic E-state index is 12.2. The van der Waals surface area contributed by atoms with Gasteiger partial charge in [-0.25, -0.2) is 0 Å². The Balaban J connectivity index is 2.77. The Hall–Kier alpha value is -1.98. The molecule has 1 aromatic heterocycles. The second kappa shape index (κ2) is 6.26.